The largest absolute Gasteiger partial charge is 0.431 e. The zero-order valence-electron chi connectivity index (χ0n) is 5.58. The van der Waals surface area contributed by atoms with Crippen LogP contribution < -0.4 is 0 Å². The third-order valence-electron chi connectivity index (χ3n) is 1.18. The van der Waals surface area contributed by atoms with Gasteiger partial charge in [-0.05, 0) is 13.2 Å². The van der Waals surface area contributed by atoms with E-state index in [2.05, 4.69) is 0 Å². The van der Waals surface area contributed by atoms with Crippen LogP contribution in [0.1, 0.15) is 6.92 Å². The Bertz CT molecular complexity index is 129. The van der Waals surface area contributed by atoms with Gasteiger partial charge in [0, 0.05) is 6.61 Å². The third kappa shape index (κ3) is 2.06. The fraction of sp³-hybridized carbons (Fsp3) is 0.286. The van der Waals surface area contributed by atoms with Crippen LogP contribution in [0.15, 0.2) is 24.2 Å². The van der Waals surface area contributed by atoms with E-state index in [1.54, 1.807) is 0 Å². The van der Waals surface area contributed by atoms with Crippen molar-refractivity contribution in [3.05, 3.63) is 30.5 Å². The van der Waals surface area contributed by atoms with Crippen molar-refractivity contribution < 1.29 is 4.65 Å². The maximum atomic E-state index is 5.29. The number of hydrogen-bond donors (Lipinski definition) is 0. The lowest BCUT2D eigenvalue weighted by Gasteiger charge is -2.06. The molecular formula is C7H10BO. The Kier molecular flexibility index (Phi) is 2.59. The van der Waals surface area contributed by atoms with Gasteiger partial charge >= 0.3 is 6.92 Å². The fourth-order valence-electron chi connectivity index (χ4n) is 0.779. The molecule has 0 aliphatic carbocycles. The van der Waals surface area contributed by atoms with Gasteiger partial charge < -0.3 is 4.65 Å². The summed E-state index contributed by atoms with van der Waals surface area (Å²) in [6, 6.07) is 0. The molecule has 0 aromatic rings. The molecule has 0 fully saturated rings. The first kappa shape index (κ1) is 6.62. The van der Waals surface area contributed by atoms with Crippen LogP contribution in [0.4, 0.5) is 0 Å². The van der Waals surface area contributed by atoms with Crippen LogP contribution in [0.2, 0.25) is 0 Å². The minimum Gasteiger partial charge on any atom is -0.431 e. The summed E-state index contributed by atoms with van der Waals surface area (Å²) in [6.45, 7) is 2.99. The molecule has 0 spiro atoms. The van der Waals surface area contributed by atoms with Gasteiger partial charge in [0.15, 0.2) is 0 Å². The molecule has 0 amide bonds. The van der Waals surface area contributed by atoms with Gasteiger partial charge in [-0.3, -0.25) is 0 Å². The Morgan fingerprint density at radius 2 is 2.22 bits per heavy atom. The molecule has 0 aromatic heterocycles. The van der Waals surface area contributed by atoms with Crippen molar-refractivity contribution in [3.63, 3.8) is 0 Å². The molecule has 0 saturated heterocycles. The van der Waals surface area contributed by atoms with Crippen LogP contribution in [-0.4, -0.2) is 13.5 Å². The molecule has 0 unspecified atom stereocenters. The smallest absolute Gasteiger partial charge is 0.326 e. The summed E-state index contributed by atoms with van der Waals surface area (Å²) in [5.74, 6) is 2.03. The average molecular weight is 121 g/mol. The molecular weight excluding hydrogens is 111 g/mol. The lowest BCUT2D eigenvalue weighted by atomic mass is 9.63. The van der Waals surface area contributed by atoms with Gasteiger partial charge in [0.25, 0.3) is 0 Å². The predicted molar refractivity (Wildman–Crippen MR) is 40.0 cm³/mol. The highest BCUT2D eigenvalue weighted by Crippen LogP contribution is 2.00. The number of rotatable bonds is 2. The third-order valence-corrected chi connectivity index (χ3v) is 1.18. The SMILES string of the molecule is CCOB1[CH]C=CC=C1. The van der Waals surface area contributed by atoms with Crippen molar-refractivity contribution in [1.29, 1.82) is 0 Å². The molecule has 0 bridgehead atoms. The van der Waals surface area contributed by atoms with Crippen molar-refractivity contribution in [3.8, 4) is 0 Å². The molecule has 0 N–H and O–H groups in total. The summed E-state index contributed by atoms with van der Waals surface area (Å²) in [5, 5.41) is 0. The summed E-state index contributed by atoms with van der Waals surface area (Å²) >= 11 is 0. The summed E-state index contributed by atoms with van der Waals surface area (Å²) in [4.78, 5) is 0. The van der Waals surface area contributed by atoms with Crippen molar-refractivity contribution in [2.24, 2.45) is 0 Å². The second kappa shape index (κ2) is 3.52. The van der Waals surface area contributed by atoms with Crippen LogP contribution in [0.5, 0.6) is 0 Å². The molecule has 1 radical (unpaired) electrons. The second-order valence-electron chi connectivity index (χ2n) is 1.88. The van der Waals surface area contributed by atoms with E-state index in [0.29, 0.717) is 0 Å². The van der Waals surface area contributed by atoms with Gasteiger partial charge in [-0.25, -0.2) is 0 Å². The van der Waals surface area contributed by atoms with E-state index in [1.807, 2.05) is 37.4 Å². The zero-order chi connectivity index (χ0) is 6.53. The van der Waals surface area contributed by atoms with Gasteiger partial charge in [0.1, 0.15) is 0 Å². The van der Waals surface area contributed by atoms with Crippen LogP contribution in [0, 0.1) is 6.32 Å². The van der Waals surface area contributed by atoms with E-state index in [4.69, 9.17) is 4.65 Å². The summed E-state index contributed by atoms with van der Waals surface area (Å²) in [6.07, 6.45) is 8.03. The Balaban J connectivity index is 2.28. The second-order valence-corrected chi connectivity index (χ2v) is 1.88. The quantitative estimate of drug-likeness (QED) is 0.502. The van der Waals surface area contributed by atoms with E-state index in [1.165, 1.54) is 0 Å². The van der Waals surface area contributed by atoms with Crippen molar-refractivity contribution in [1.82, 2.24) is 0 Å². The Morgan fingerprint density at radius 3 is 2.78 bits per heavy atom. The molecule has 1 aliphatic rings. The lowest BCUT2D eigenvalue weighted by Crippen LogP contribution is -2.16. The zero-order valence-corrected chi connectivity index (χ0v) is 5.58. The first-order valence-corrected chi connectivity index (χ1v) is 3.23. The van der Waals surface area contributed by atoms with Crippen LogP contribution in [0.3, 0.4) is 0 Å². The predicted octanol–water partition coefficient (Wildman–Crippen LogP) is 1.42. The van der Waals surface area contributed by atoms with E-state index in [9.17, 15) is 0 Å². The number of allylic oxidation sites excluding steroid dienone is 3. The Hall–Kier alpha value is -0.495. The van der Waals surface area contributed by atoms with Gasteiger partial charge in [-0.1, -0.05) is 24.2 Å². The minimum absolute atomic E-state index is 0.208. The molecule has 1 nitrogen and oxygen atoms in total. The highest BCUT2D eigenvalue weighted by atomic mass is 16.4. The molecule has 1 aliphatic heterocycles. The molecule has 1 rings (SSSR count). The first-order chi connectivity index (χ1) is 4.43. The minimum atomic E-state index is 0.208. The van der Waals surface area contributed by atoms with Crippen molar-refractivity contribution in [2.75, 3.05) is 6.61 Å². The van der Waals surface area contributed by atoms with E-state index >= 15 is 0 Å². The fourth-order valence-corrected chi connectivity index (χ4v) is 0.779. The van der Waals surface area contributed by atoms with Crippen LogP contribution >= 0.6 is 0 Å². The summed E-state index contributed by atoms with van der Waals surface area (Å²) < 4.78 is 5.29. The van der Waals surface area contributed by atoms with Crippen LogP contribution in [-0.2, 0) is 4.65 Å². The Labute approximate surface area is 56.5 Å². The molecule has 1 heterocycles. The molecule has 9 heavy (non-hydrogen) atoms. The number of hydrogen-bond acceptors (Lipinski definition) is 1. The van der Waals surface area contributed by atoms with Crippen molar-refractivity contribution in [2.45, 2.75) is 6.92 Å². The van der Waals surface area contributed by atoms with E-state index in [-0.39, 0.29) is 6.92 Å². The van der Waals surface area contributed by atoms with Gasteiger partial charge in [0.2, 0.25) is 0 Å². The topological polar surface area (TPSA) is 9.23 Å². The highest BCUT2D eigenvalue weighted by molar-refractivity contribution is 6.62. The monoisotopic (exact) mass is 121 g/mol. The molecule has 0 aromatic carbocycles. The maximum absolute atomic E-state index is 5.29. The maximum Gasteiger partial charge on any atom is 0.326 e. The van der Waals surface area contributed by atoms with Crippen molar-refractivity contribution >= 4 is 6.92 Å². The normalized spacial score (nSPS) is 16.8. The Morgan fingerprint density at radius 1 is 1.33 bits per heavy atom. The van der Waals surface area contributed by atoms with Gasteiger partial charge in [-0.2, -0.15) is 0 Å². The summed E-state index contributed by atoms with van der Waals surface area (Å²) in [5.41, 5.74) is 0. The van der Waals surface area contributed by atoms with Gasteiger partial charge in [-0.15, -0.1) is 0 Å². The molecule has 0 saturated carbocycles. The highest BCUT2D eigenvalue weighted by Gasteiger charge is 2.09. The standard InChI is InChI=1S/C7H10BO/c1-2-9-8-6-4-3-5-7-8/h3-7H,2H2,1H3. The van der Waals surface area contributed by atoms with E-state index < -0.39 is 0 Å². The van der Waals surface area contributed by atoms with E-state index in [0.717, 1.165) is 6.61 Å². The average Bonchev–Trinajstić information content (AvgIpc) is 1.91. The molecule has 47 valence electrons. The first-order valence-electron chi connectivity index (χ1n) is 3.23. The molecule has 0 atom stereocenters. The summed E-state index contributed by atoms with van der Waals surface area (Å²) in [7, 11) is 0. The van der Waals surface area contributed by atoms with Gasteiger partial charge in [0.05, 0.1) is 0 Å². The lowest BCUT2D eigenvalue weighted by molar-refractivity contribution is 0.354. The molecule has 2 heteroatoms. The van der Waals surface area contributed by atoms with Crippen LogP contribution in [0.25, 0.3) is 0 Å².